The number of carbonyl (C=O) groups is 3. The highest BCUT2D eigenvalue weighted by Gasteiger charge is 2.39. The van der Waals surface area contributed by atoms with Gasteiger partial charge in [-0.25, -0.2) is 0 Å². The van der Waals surface area contributed by atoms with Gasteiger partial charge in [0.1, 0.15) is 6.04 Å². The van der Waals surface area contributed by atoms with Crippen molar-refractivity contribution in [2.45, 2.75) is 38.6 Å². The number of piperidine rings is 1. The van der Waals surface area contributed by atoms with Gasteiger partial charge < -0.3 is 14.7 Å². The molecule has 9 heteroatoms. The molecule has 1 aromatic rings. The van der Waals surface area contributed by atoms with Gasteiger partial charge in [-0.3, -0.25) is 24.5 Å². The second-order valence-corrected chi connectivity index (χ2v) is 8.27. The van der Waals surface area contributed by atoms with Gasteiger partial charge in [0.25, 0.3) is 11.6 Å². The van der Waals surface area contributed by atoms with Crippen molar-refractivity contribution in [1.29, 1.82) is 0 Å². The lowest BCUT2D eigenvalue weighted by Crippen LogP contribution is -2.52. The Morgan fingerprint density at radius 3 is 2.47 bits per heavy atom. The molecular weight excluding hydrogens is 388 g/mol. The number of nitro groups is 1. The maximum Gasteiger partial charge on any atom is 0.272 e. The quantitative estimate of drug-likeness (QED) is 0.550. The number of likely N-dealkylation sites (tertiary alicyclic amines) is 2. The van der Waals surface area contributed by atoms with Crippen molar-refractivity contribution in [3.05, 3.63) is 39.4 Å². The lowest BCUT2D eigenvalue weighted by molar-refractivity contribution is -0.385. The molecule has 0 radical (unpaired) electrons. The fourth-order valence-corrected chi connectivity index (χ4v) is 4.38. The Balaban J connectivity index is 1.74. The van der Waals surface area contributed by atoms with E-state index in [-0.39, 0.29) is 29.3 Å². The molecule has 0 aromatic heterocycles. The van der Waals surface area contributed by atoms with Gasteiger partial charge in [0.2, 0.25) is 11.8 Å². The smallest absolute Gasteiger partial charge is 0.272 e. The Morgan fingerprint density at radius 2 is 1.83 bits per heavy atom. The first kappa shape index (κ1) is 21.7. The van der Waals surface area contributed by atoms with Crippen LogP contribution in [0.2, 0.25) is 0 Å². The summed E-state index contributed by atoms with van der Waals surface area (Å²) in [4.78, 5) is 54.0. The van der Waals surface area contributed by atoms with Crippen LogP contribution < -0.4 is 0 Å². The first-order chi connectivity index (χ1) is 14.2. The highest BCUT2D eigenvalue weighted by Crippen LogP contribution is 2.27. The summed E-state index contributed by atoms with van der Waals surface area (Å²) in [6, 6.07) is 3.73. The molecule has 9 nitrogen and oxygen atoms in total. The molecule has 30 heavy (non-hydrogen) atoms. The average Bonchev–Trinajstić information content (AvgIpc) is 3.21. The van der Waals surface area contributed by atoms with Crippen LogP contribution >= 0.6 is 0 Å². The Morgan fingerprint density at radius 1 is 1.13 bits per heavy atom. The van der Waals surface area contributed by atoms with E-state index in [1.807, 2.05) is 0 Å². The molecule has 162 valence electrons. The van der Waals surface area contributed by atoms with Crippen molar-refractivity contribution >= 4 is 23.4 Å². The summed E-state index contributed by atoms with van der Waals surface area (Å²) in [6.45, 7) is 3.03. The molecular formula is C21H28N4O5. The molecule has 2 unspecified atom stereocenters. The van der Waals surface area contributed by atoms with Crippen molar-refractivity contribution in [2.24, 2.45) is 5.92 Å². The van der Waals surface area contributed by atoms with Crippen LogP contribution in [-0.4, -0.2) is 77.1 Å². The van der Waals surface area contributed by atoms with E-state index in [9.17, 15) is 24.5 Å². The minimum atomic E-state index is -0.554. The zero-order valence-corrected chi connectivity index (χ0v) is 17.7. The summed E-state index contributed by atoms with van der Waals surface area (Å²) in [5.74, 6) is -0.591. The fourth-order valence-electron chi connectivity index (χ4n) is 4.38. The Bertz CT molecular complexity index is 869. The van der Waals surface area contributed by atoms with Crippen molar-refractivity contribution in [1.82, 2.24) is 14.7 Å². The standard InChI is InChI=1S/C21H28N4O5/c1-14-12-15(8-9-17(14)25(29)30)20(27)24-11-5-7-18(24)21(28)23-10-4-6-16(13-23)19(26)22(2)3/h8-9,12,16,18H,4-7,10-11,13H2,1-3H3. The number of benzene rings is 1. The third kappa shape index (κ3) is 4.29. The van der Waals surface area contributed by atoms with Gasteiger partial charge in [0.05, 0.1) is 10.8 Å². The van der Waals surface area contributed by atoms with Crippen LogP contribution in [0, 0.1) is 23.0 Å². The number of aryl methyl sites for hydroxylation is 1. The van der Waals surface area contributed by atoms with E-state index < -0.39 is 11.0 Å². The second kappa shape index (κ2) is 8.81. The summed E-state index contributed by atoms with van der Waals surface area (Å²) in [6.07, 6.45) is 2.83. The molecule has 2 fully saturated rings. The van der Waals surface area contributed by atoms with Crippen LogP contribution in [0.25, 0.3) is 0 Å². The van der Waals surface area contributed by atoms with Gasteiger partial charge in [0.15, 0.2) is 0 Å². The van der Waals surface area contributed by atoms with E-state index >= 15 is 0 Å². The number of carbonyl (C=O) groups excluding carboxylic acids is 3. The van der Waals surface area contributed by atoms with Gasteiger partial charge in [-0.1, -0.05) is 0 Å². The van der Waals surface area contributed by atoms with E-state index in [0.29, 0.717) is 37.2 Å². The molecule has 0 saturated carbocycles. The highest BCUT2D eigenvalue weighted by atomic mass is 16.6. The number of amides is 3. The Labute approximate surface area is 175 Å². The SMILES string of the molecule is Cc1cc(C(=O)N2CCCC2C(=O)N2CCCC(C(=O)N(C)C)C2)ccc1[N+](=O)[O-]. The first-order valence-corrected chi connectivity index (χ1v) is 10.3. The summed E-state index contributed by atoms with van der Waals surface area (Å²) < 4.78 is 0. The largest absolute Gasteiger partial charge is 0.349 e. The average molecular weight is 416 g/mol. The molecule has 3 amide bonds. The normalized spacial score (nSPS) is 21.4. The van der Waals surface area contributed by atoms with Gasteiger partial charge in [-0.2, -0.15) is 0 Å². The lowest BCUT2D eigenvalue weighted by atomic mass is 9.96. The summed E-state index contributed by atoms with van der Waals surface area (Å²) >= 11 is 0. The number of nitro benzene ring substituents is 1. The van der Waals surface area contributed by atoms with Gasteiger partial charge in [-0.05, 0) is 44.7 Å². The maximum atomic E-state index is 13.2. The van der Waals surface area contributed by atoms with Crippen LogP contribution in [-0.2, 0) is 9.59 Å². The molecule has 1 aromatic carbocycles. The molecule has 3 rings (SSSR count). The number of hydrogen-bond donors (Lipinski definition) is 0. The summed E-state index contributed by atoms with van der Waals surface area (Å²) in [5.41, 5.74) is 0.719. The number of rotatable bonds is 4. The zero-order valence-electron chi connectivity index (χ0n) is 17.7. The van der Waals surface area contributed by atoms with Crippen molar-refractivity contribution in [3.8, 4) is 0 Å². The van der Waals surface area contributed by atoms with Crippen LogP contribution in [0.5, 0.6) is 0 Å². The molecule has 0 bridgehead atoms. The first-order valence-electron chi connectivity index (χ1n) is 10.3. The predicted octanol–water partition coefficient (Wildman–Crippen LogP) is 1.83. The fraction of sp³-hybridized carbons (Fsp3) is 0.571. The summed E-state index contributed by atoms with van der Waals surface area (Å²) in [5, 5.41) is 11.0. The van der Waals surface area contributed by atoms with Crippen LogP contribution in [0.3, 0.4) is 0 Å². The highest BCUT2D eigenvalue weighted by molar-refractivity contribution is 5.98. The second-order valence-electron chi connectivity index (χ2n) is 8.27. The molecule has 0 spiro atoms. The zero-order chi connectivity index (χ0) is 22.0. The molecule has 2 aliphatic heterocycles. The monoisotopic (exact) mass is 416 g/mol. The number of nitrogens with zero attached hydrogens (tertiary/aromatic N) is 4. The molecule has 2 atom stereocenters. The van der Waals surface area contributed by atoms with E-state index in [1.165, 1.54) is 18.2 Å². The van der Waals surface area contributed by atoms with E-state index in [2.05, 4.69) is 0 Å². The molecule has 0 N–H and O–H groups in total. The maximum absolute atomic E-state index is 13.2. The lowest BCUT2D eigenvalue weighted by Gasteiger charge is -2.36. The van der Waals surface area contributed by atoms with E-state index in [4.69, 9.17) is 0 Å². The van der Waals surface area contributed by atoms with Crippen LogP contribution in [0.1, 0.15) is 41.6 Å². The topological polar surface area (TPSA) is 104 Å². The van der Waals surface area contributed by atoms with Gasteiger partial charge >= 0.3 is 0 Å². The minimum Gasteiger partial charge on any atom is -0.349 e. The van der Waals surface area contributed by atoms with E-state index in [0.717, 1.165) is 19.3 Å². The van der Waals surface area contributed by atoms with Crippen molar-refractivity contribution < 1.29 is 19.3 Å². The minimum absolute atomic E-state index is 0.0215. The Kier molecular flexibility index (Phi) is 6.38. The van der Waals surface area contributed by atoms with E-state index in [1.54, 1.807) is 35.7 Å². The third-order valence-corrected chi connectivity index (χ3v) is 5.96. The molecule has 2 saturated heterocycles. The summed E-state index contributed by atoms with van der Waals surface area (Å²) in [7, 11) is 3.43. The van der Waals surface area contributed by atoms with Gasteiger partial charge in [-0.15, -0.1) is 0 Å². The molecule has 2 aliphatic rings. The number of hydrogen-bond acceptors (Lipinski definition) is 5. The van der Waals surface area contributed by atoms with Crippen molar-refractivity contribution in [2.75, 3.05) is 33.7 Å². The third-order valence-electron chi connectivity index (χ3n) is 5.96. The van der Waals surface area contributed by atoms with Crippen LogP contribution in [0.15, 0.2) is 18.2 Å². The van der Waals surface area contributed by atoms with Crippen molar-refractivity contribution in [3.63, 3.8) is 0 Å². The molecule has 0 aliphatic carbocycles. The Hall–Kier alpha value is -2.97. The van der Waals surface area contributed by atoms with Crippen LogP contribution in [0.4, 0.5) is 5.69 Å². The van der Waals surface area contributed by atoms with Gasteiger partial charge in [0, 0.05) is 50.9 Å². The predicted molar refractivity (Wildman–Crippen MR) is 110 cm³/mol. The molecule has 2 heterocycles.